The molecule has 7 nitrogen and oxygen atoms in total. The van der Waals surface area contributed by atoms with Gasteiger partial charge in [0.1, 0.15) is 22.8 Å². The summed E-state index contributed by atoms with van der Waals surface area (Å²) >= 11 is 0. The molecule has 0 saturated heterocycles. The van der Waals surface area contributed by atoms with Gasteiger partial charge in [-0.3, -0.25) is 14.6 Å². The summed E-state index contributed by atoms with van der Waals surface area (Å²) < 4.78 is 11.3. The zero-order valence-electron chi connectivity index (χ0n) is 15.5. The van der Waals surface area contributed by atoms with Crippen molar-refractivity contribution < 1.29 is 18.7 Å². The van der Waals surface area contributed by atoms with Crippen LogP contribution in [0.4, 0.5) is 5.69 Å². The number of benzene rings is 2. The number of carbonyl (C=O) groups excluding carboxylic acids is 2. The van der Waals surface area contributed by atoms with E-state index in [2.05, 4.69) is 10.3 Å². The van der Waals surface area contributed by atoms with Crippen LogP contribution in [0.2, 0.25) is 0 Å². The summed E-state index contributed by atoms with van der Waals surface area (Å²) in [5.41, 5.74) is 7.47. The second kappa shape index (κ2) is 7.47. The van der Waals surface area contributed by atoms with Crippen LogP contribution in [0.5, 0.6) is 11.5 Å². The molecule has 7 heteroatoms. The summed E-state index contributed by atoms with van der Waals surface area (Å²) in [5.74, 6) is -0.181. The molecule has 3 N–H and O–H groups in total. The number of ether oxygens (including phenoxy) is 1. The van der Waals surface area contributed by atoms with Crippen molar-refractivity contribution in [1.29, 1.82) is 0 Å². The van der Waals surface area contributed by atoms with Crippen molar-refractivity contribution in [2.24, 2.45) is 5.73 Å². The third-order valence-electron chi connectivity index (χ3n) is 4.29. The van der Waals surface area contributed by atoms with Crippen LogP contribution in [-0.2, 0) is 0 Å². The first-order valence-electron chi connectivity index (χ1n) is 8.83. The molecule has 0 saturated carbocycles. The van der Waals surface area contributed by atoms with E-state index in [0.717, 1.165) is 5.56 Å². The highest BCUT2D eigenvalue weighted by Gasteiger charge is 2.21. The minimum atomic E-state index is -0.760. The van der Waals surface area contributed by atoms with E-state index in [-0.39, 0.29) is 11.4 Å². The number of hydrogen-bond acceptors (Lipinski definition) is 5. The topological polar surface area (TPSA) is 107 Å². The van der Waals surface area contributed by atoms with Gasteiger partial charge in [0.2, 0.25) is 5.76 Å². The first-order chi connectivity index (χ1) is 14.0. The van der Waals surface area contributed by atoms with Gasteiger partial charge < -0.3 is 20.2 Å². The number of rotatable bonds is 5. The van der Waals surface area contributed by atoms with Crippen molar-refractivity contribution in [3.8, 4) is 11.5 Å². The molecular weight excluding hydrogens is 370 g/mol. The third kappa shape index (κ3) is 3.79. The number of nitrogens with one attached hydrogen (secondary N) is 1. The average Bonchev–Trinajstić information content (AvgIpc) is 3.06. The third-order valence-corrected chi connectivity index (χ3v) is 4.29. The molecule has 0 spiro atoms. The molecule has 0 aliphatic rings. The summed E-state index contributed by atoms with van der Waals surface area (Å²) in [6.07, 6.45) is 3.23. The van der Waals surface area contributed by atoms with E-state index >= 15 is 0 Å². The number of furan rings is 1. The molecule has 2 aromatic carbocycles. The Kier molecular flexibility index (Phi) is 4.70. The molecule has 0 fully saturated rings. The highest BCUT2D eigenvalue weighted by atomic mass is 16.5. The summed E-state index contributed by atoms with van der Waals surface area (Å²) in [5, 5.41) is 3.34. The van der Waals surface area contributed by atoms with E-state index in [4.69, 9.17) is 14.9 Å². The van der Waals surface area contributed by atoms with Gasteiger partial charge in [-0.1, -0.05) is 12.1 Å². The van der Waals surface area contributed by atoms with Crippen molar-refractivity contribution in [3.05, 3.63) is 83.9 Å². The lowest BCUT2D eigenvalue weighted by Gasteiger charge is -2.08. The molecule has 0 aliphatic carbocycles. The number of nitrogens with zero attached hydrogens (tertiary/aromatic N) is 1. The van der Waals surface area contributed by atoms with E-state index in [9.17, 15) is 9.59 Å². The molecule has 144 valence electrons. The zero-order valence-corrected chi connectivity index (χ0v) is 15.5. The molecule has 0 unspecified atom stereocenters. The maximum absolute atomic E-state index is 12.8. The van der Waals surface area contributed by atoms with E-state index in [0.29, 0.717) is 28.0 Å². The summed E-state index contributed by atoms with van der Waals surface area (Å²) in [7, 11) is 0. The minimum absolute atomic E-state index is 0.0943. The lowest BCUT2D eigenvalue weighted by molar-refractivity contribution is 0.0977. The van der Waals surface area contributed by atoms with Gasteiger partial charge >= 0.3 is 0 Å². The smallest absolute Gasteiger partial charge is 0.286 e. The lowest BCUT2D eigenvalue weighted by Crippen LogP contribution is -2.17. The van der Waals surface area contributed by atoms with Crippen LogP contribution in [0, 0.1) is 6.92 Å². The zero-order chi connectivity index (χ0) is 20.4. The standard InChI is InChI=1S/C22H17N3O4/c1-13-5-6-17-18(11-13)29-20(21(23)26)19(17)25-22(27)14-3-2-4-16(12-14)28-15-7-9-24-10-8-15/h2-12H,1H3,(H2,23,26)(H,25,27). The first-order valence-corrected chi connectivity index (χ1v) is 8.83. The van der Waals surface area contributed by atoms with E-state index in [1.54, 1.807) is 60.9 Å². The minimum Gasteiger partial charge on any atom is -0.457 e. The lowest BCUT2D eigenvalue weighted by atomic mass is 10.1. The number of amides is 2. The number of anilines is 1. The molecule has 4 aromatic rings. The Morgan fingerprint density at radius 2 is 1.83 bits per heavy atom. The fraction of sp³-hybridized carbons (Fsp3) is 0.0455. The number of nitrogens with two attached hydrogens (primary N) is 1. The number of aryl methyl sites for hydroxylation is 1. The van der Waals surface area contributed by atoms with E-state index in [1.165, 1.54) is 0 Å². The maximum Gasteiger partial charge on any atom is 0.286 e. The number of carbonyl (C=O) groups is 2. The second-order valence-electron chi connectivity index (χ2n) is 6.44. The largest absolute Gasteiger partial charge is 0.457 e. The predicted octanol–water partition coefficient (Wildman–Crippen LogP) is 4.28. The Labute approximate surface area is 166 Å². The molecule has 0 radical (unpaired) electrons. The molecule has 29 heavy (non-hydrogen) atoms. The Morgan fingerprint density at radius 1 is 1.03 bits per heavy atom. The Hall–Kier alpha value is -4.13. The molecule has 0 bridgehead atoms. The molecule has 0 atom stereocenters. The number of pyridine rings is 1. The van der Waals surface area contributed by atoms with Gasteiger partial charge in [-0.15, -0.1) is 0 Å². The van der Waals surface area contributed by atoms with Crippen LogP contribution in [0.3, 0.4) is 0 Å². The van der Waals surface area contributed by atoms with Crippen LogP contribution in [0.15, 0.2) is 71.4 Å². The average molecular weight is 387 g/mol. The van der Waals surface area contributed by atoms with E-state index < -0.39 is 11.8 Å². The Balaban J connectivity index is 1.64. The Morgan fingerprint density at radius 3 is 2.59 bits per heavy atom. The van der Waals surface area contributed by atoms with Crippen LogP contribution in [-0.4, -0.2) is 16.8 Å². The first kappa shape index (κ1) is 18.2. The Bertz CT molecular complexity index is 1220. The molecule has 2 heterocycles. The number of aromatic nitrogens is 1. The van der Waals surface area contributed by atoms with Crippen LogP contribution < -0.4 is 15.8 Å². The van der Waals surface area contributed by atoms with Crippen molar-refractivity contribution in [2.45, 2.75) is 6.92 Å². The highest BCUT2D eigenvalue weighted by molar-refractivity contribution is 6.14. The summed E-state index contributed by atoms with van der Waals surface area (Å²) in [6.45, 7) is 1.90. The van der Waals surface area contributed by atoms with Gasteiger partial charge in [0.05, 0.1) is 0 Å². The normalized spacial score (nSPS) is 10.7. The van der Waals surface area contributed by atoms with E-state index in [1.807, 2.05) is 13.0 Å². The van der Waals surface area contributed by atoms with Crippen LogP contribution in [0.25, 0.3) is 11.0 Å². The van der Waals surface area contributed by atoms with Gasteiger partial charge in [0, 0.05) is 23.3 Å². The number of primary amides is 1. The van der Waals surface area contributed by atoms with Gasteiger partial charge in [-0.25, -0.2) is 0 Å². The molecule has 2 amide bonds. The van der Waals surface area contributed by atoms with Crippen LogP contribution in [0.1, 0.15) is 26.5 Å². The number of fused-ring (bicyclic) bond motifs is 1. The molecule has 2 aromatic heterocycles. The molecule has 0 aliphatic heterocycles. The number of hydrogen-bond donors (Lipinski definition) is 2. The van der Waals surface area contributed by atoms with Gasteiger partial charge in [-0.05, 0) is 55.0 Å². The fourth-order valence-corrected chi connectivity index (χ4v) is 2.93. The summed E-state index contributed by atoms with van der Waals surface area (Å²) in [4.78, 5) is 28.6. The van der Waals surface area contributed by atoms with Gasteiger partial charge in [-0.2, -0.15) is 0 Å². The fourth-order valence-electron chi connectivity index (χ4n) is 2.93. The quantitative estimate of drug-likeness (QED) is 0.531. The highest BCUT2D eigenvalue weighted by Crippen LogP contribution is 2.32. The predicted molar refractivity (Wildman–Crippen MR) is 108 cm³/mol. The van der Waals surface area contributed by atoms with Crippen molar-refractivity contribution in [3.63, 3.8) is 0 Å². The SMILES string of the molecule is Cc1ccc2c(NC(=O)c3cccc(Oc4ccncc4)c3)c(C(N)=O)oc2c1. The van der Waals surface area contributed by atoms with Crippen molar-refractivity contribution >= 4 is 28.5 Å². The maximum atomic E-state index is 12.8. The molecular formula is C22H17N3O4. The second-order valence-corrected chi connectivity index (χ2v) is 6.44. The summed E-state index contributed by atoms with van der Waals surface area (Å²) in [6, 6.07) is 15.5. The van der Waals surface area contributed by atoms with Gasteiger partial charge in [0.15, 0.2) is 0 Å². The molecule has 4 rings (SSSR count). The van der Waals surface area contributed by atoms with Gasteiger partial charge in [0.25, 0.3) is 11.8 Å². The van der Waals surface area contributed by atoms with Crippen molar-refractivity contribution in [1.82, 2.24) is 4.98 Å². The monoisotopic (exact) mass is 387 g/mol. The van der Waals surface area contributed by atoms with Crippen molar-refractivity contribution in [2.75, 3.05) is 5.32 Å². The van der Waals surface area contributed by atoms with Crippen LogP contribution >= 0.6 is 0 Å².